The van der Waals surface area contributed by atoms with Crippen molar-refractivity contribution in [1.29, 1.82) is 0 Å². The number of ether oxygens (including phenoxy) is 4. The maximum Gasteiger partial charge on any atom is 0.318 e. The molecular formula is C64H77N5O12. The van der Waals surface area contributed by atoms with E-state index in [1.165, 1.54) is 38.9 Å². The molecule has 0 saturated carbocycles. The third-order valence-electron chi connectivity index (χ3n) is 17.5. The molecule has 430 valence electrons. The summed E-state index contributed by atoms with van der Waals surface area (Å²) < 4.78 is 26.6. The first kappa shape index (κ1) is 58.0. The fraction of sp³-hybridized carbons (Fsp3) is 0.484. The second kappa shape index (κ2) is 26.3. The summed E-state index contributed by atoms with van der Waals surface area (Å²) in [4.78, 5) is 102. The Bertz CT molecular complexity index is 3060. The highest BCUT2D eigenvalue weighted by Crippen LogP contribution is 2.55. The standard InChI is InChI=1S/C34H37N3O6.C30H40N2O6/c1-42-33(41)34-16-7-3-2-4-15-29(34)37(23-25-12-8-11-24-10-5-6-13-26(24)25)31(39)27(34)22-30(38)35-17-19-36(20-18-35)32(40)28-14-9-21-43-28;1-36-24-14-13-22(18-25(24)37-2)20-31-27(33)19-23-28(34)32(17-15-21-10-6-4-7-11-21)26-12-8-5-9-16-30(23,26)29(35)38-3/h5-6,8-15,21,27H,2-4,7,16-20,22-23H2,1H3;10,12-14,18,23H,4-9,11,15-17,19-20H2,1-3H3,(H,31,33)/b29-15+;/t27-,34-;23-,30-/m11/s1. The molecule has 4 heterocycles. The van der Waals surface area contributed by atoms with Crippen molar-refractivity contribution in [3.8, 4) is 11.5 Å². The largest absolute Gasteiger partial charge is 0.493 e. The third kappa shape index (κ3) is 12.0. The lowest BCUT2D eigenvalue weighted by atomic mass is 9.69. The predicted molar refractivity (Wildman–Crippen MR) is 303 cm³/mol. The molecule has 0 unspecified atom stereocenters. The highest BCUT2D eigenvalue weighted by Gasteiger charge is 2.63. The normalized spacial score (nSPS) is 23.4. The Labute approximate surface area is 474 Å². The van der Waals surface area contributed by atoms with E-state index in [-0.39, 0.29) is 54.7 Å². The first-order valence-electron chi connectivity index (χ1n) is 28.8. The Hall–Kier alpha value is -7.69. The van der Waals surface area contributed by atoms with Crippen molar-refractivity contribution in [3.63, 3.8) is 0 Å². The van der Waals surface area contributed by atoms with Crippen LogP contribution in [0.1, 0.15) is 124 Å². The Balaban J connectivity index is 0.000000197. The number of furan rings is 1. The zero-order valence-electron chi connectivity index (χ0n) is 47.3. The van der Waals surface area contributed by atoms with Gasteiger partial charge in [0.2, 0.25) is 23.6 Å². The minimum Gasteiger partial charge on any atom is -0.493 e. The maximum absolute atomic E-state index is 14.4. The quantitative estimate of drug-likeness (QED) is 0.0826. The van der Waals surface area contributed by atoms with Crippen molar-refractivity contribution >= 4 is 52.2 Å². The second-order valence-electron chi connectivity index (χ2n) is 22.0. The zero-order valence-corrected chi connectivity index (χ0v) is 47.3. The summed E-state index contributed by atoms with van der Waals surface area (Å²) in [5, 5.41) is 5.06. The molecule has 10 rings (SSSR count). The van der Waals surface area contributed by atoms with Crippen LogP contribution in [0.25, 0.3) is 10.8 Å². The van der Waals surface area contributed by atoms with Gasteiger partial charge in [-0.1, -0.05) is 91.6 Å². The van der Waals surface area contributed by atoms with Gasteiger partial charge in [-0.2, -0.15) is 0 Å². The van der Waals surface area contributed by atoms with Gasteiger partial charge in [0, 0.05) is 63.5 Å². The van der Waals surface area contributed by atoms with Crippen molar-refractivity contribution in [2.75, 3.05) is 61.2 Å². The molecule has 17 nitrogen and oxygen atoms in total. The molecule has 0 spiro atoms. The molecule has 0 bridgehead atoms. The van der Waals surface area contributed by atoms with E-state index in [1.54, 1.807) is 52.0 Å². The molecule has 0 radical (unpaired) electrons. The molecule has 3 fully saturated rings. The first-order chi connectivity index (χ1) is 39.4. The molecule has 3 aromatic carbocycles. The van der Waals surface area contributed by atoms with Crippen molar-refractivity contribution in [2.24, 2.45) is 22.7 Å². The van der Waals surface area contributed by atoms with Gasteiger partial charge in [-0.05, 0) is 117 Å². The van der Waals surface area contributed by atoms with E-state index in [2.05, 4.69) is 11.4 Å². The molecule has 3 aliphatic heterocycles. The van der Waals surface area contributed by atoms with E-state index < -0.39 is 34.6 Å². The first-order valence-corrected chi connectivity index (χ1v) is 28.8. The van der Waals surface area contributed by atoms with Crippen LogP contribution in [-0.2, 0) is 51.3 Å². The number of nitrogens with zero attached hydrogens (tertiary/aromatic N) is 4. The summed E-state index contributed by atoms with van der Waals surface area (Å²) in [6, 6.07) is 22.8. The van der Waals surface area contributed by atoms with Gasteiger partial charge in [0.05, 0.1) is 53.1 Å². The van der Waals surface area contributed by atoms with Gasteiger partial charge in [-0.25, -0.2) is 0 Å². The topological polar surface area (TPSA) is 195 Å². The number of hydrogen-bond donors (Lipinski definition) is 1. The number of methoxy groups -OCH3 is 4. The Kier molecular flexibility index (Phi) is 18.8. The number of amides is 5. The molecular weight excluding hydrogens is 1030 g/mol. The Morgan fingerprint density at radius 2 is 1.27 bits per heavy atom. The summed E-state index contributed by atoms with van der Waals surface area (Å²) in [6.07, 6.45) is 19.9. The number of carbonyl (C=O) groups is 7. The van der Waals surface area contributed by atoms with Gasteiger partial charge in [-0.3, -0.25) is 33.6 Å². The van der Waals surface area contributed by atoms with Crippen molar-refractivity contribution in [3.05, 3.63) is 131 Å². The summed E-state index contributed by atoms with van der Waals surface area (Å²) in [7, 11) is 5.86. The van der Waals surface area contributed by atoms with Crippen molar-refractivity contribution in [2.45, 2.75) is 116 Å². The van der Waals surface area contributed by atoms with Gasteiger partial charge in [0.25, 0.3) is 5.91 Å². The summed E-state index contributed by atoms with van der Waals surface area (Å²) in [5.74, 6) is -2.12. The van der Waals surface area contributed by atoms with Gasteiger partial charge < -0.3 is 48.3 Å². The van der Waals surface area contributed by atoms with Crippen LogP contribution < -0.4 is 14.8 Å². The van der Waals surface area contributed by atoms with Crippen LogP contribution in [0.5, 0.6) is 11.5 Å². The van der Waals surface area contributed by atoms with Crippen LogP contribution in [0, 0.1) is 22.7 Å². The van der Waals surface area contributed by atoms with E-state index in [1.807, 2.05) is 66.7 Å². The maximum atomic E-state index is 14.4. The number of fused-ring (bicyclic) bond motifs is 3. The Morgan fingerprint density at radius 1 is 0.642 bits per heavy atom. The number of piperazine rings is 1. The number of rotatable bonds is 16. The minimum absolute atomic E-state index is 0.0717. The lowest BCUT2D eigenvalue weighted by molar-refractivity contribution is -0.156. The van der Waals surface area contributed by atoms with Gasteiger partial charge >= 0.3 is 11.9 Å². The monoisotopic (exact) mass is 1110 g/mol. The molecule has 1 aromatic heterocycles. The fourth-order valence-electron chi connectivity index (χ4n) is 13.2. The molecule has 1 N–H and O–H groups in total. The second-order valence-corrected chi connectivity index (χ2v) is 22.0. The lowest BCUT2D eigenvalue weighted by Crippen LogP contribution is -2.51. The van der Waals surface area contributed by atoms with Crippen LogP contribution in [0.2, 0.25) is 0 Å². The van der Waals surface area contributed by atoms with Crippen LogP contribution in [0.4, 0.5) is 0 Å². The SMILES string of the molecule is COC(=O)[C@@]12CCCCC/C=C\1N(Cc1cccc3ccccc13)C(=O)[C@H]2CC(=O)N1CCN(C(=O)c2ccco2)CC1.COC(=O)[C@@]12CCCCC=C1N(CCC1=CCCCC1)C(=O)[C@H]2CC(=O)NCc1ccc(OC)c(OC)c1. The van der Waals surface area contributed by atoms with E-state index in [4.69, 9.17) is 23.4 Å². The summed E-state index contributed by atoms with van der Waals surface area (Å²) >= 11 is 0. The van der Waals surface area contributed by atoms with Crippen LogP contribution in [-0.4, -0.2) is 122 Å². The average molecular weight is 1110 g/mol. The number of nitrogens with one attached hydrogen (secondary N) is 1. The van der Waals surface area contributed by atoms with Crippen LogP contribution >= 0.6 is 0 Å². The third-order valence-corrected chi connectivity index (χ3v) is 17.5. The fourth-order valence-corrected chi connectivity index (χ4v) is 13.2. The number of carbonyl (C=O) groups excluding carboxylic acids is 7. The number of likely N-dealkylation sites (tertiary alicyclic amines) is 2. The summed E-state index contributed by atoms with van der Waals surface area (Å²) in [5.41, 5.74) is 2.27. The van der Waals surface area contributed by atoms with Gasteiger partial charge in [-0.15, -0.1) is 0 Å². The molecule has 6 aliphatic rings. The average Bonchev–Trinajstić information content (AvgIpc) is 4.13. The van der Waals surface area contributed by atoms with Crippen molar-refractivity contribution < 1.29 is 56.9 Å². The minimum atomic E-state index is -1.22. The molecule has 17 heteroatoms. The van der Waals surface area contributed by atoms with Crippen molar-refractivity contribution in [1.82, 2.24) is 24.9 Å². The van der Waals surface area contributed by atoms with Crippen LogP contribution in [0.3, 0.4) is 0 Å². The van der Waals surface area contributed by atoms with Gasteiger partial charge in [0.1, 0.15) is 10.8 Å². The molecule has 3 saturated heterocycles. The number of benzene rings is 3. The highest BCUT2D eigenvalue weighted by molar-refractivity contribution is 6.00. The zero-order chi connectivity index (χ0) is 57.1. The molecule has 81 heavy (non-hydrogen) atoms. The van der Waals surface area contributed by atoms with E-state index >= 15 is 0 Å². The van der Waals surface area contributed by atoms with E-state index in [0.717, 1.165) is 91.8 Å². The number of esters is 2. The lowest BCUT2D eigenvalue weighted by Gasteiger charge is -2.37. The molecule has 4 aromatic rings. The molecule has 4 atom stereocenters. The van der Waals surface area contributed by atoms with E-state index in [0.29, 0.717) is 69.3 Å². The number of allylic oxidation sites excluding steroid dienone is 3. The molecule has 5 amide bonds. The predicted octanol–water partition coefficient (Wildman–Crippen LogP) is 9.45. The highest BCUT2D eigenvalue weighted by atomic mass is 16.5. The van der Waals surface area contributed by atoms with E-state index in [9.17, 15) is 33.6 Å². The van der Waals surface area contributed by atoms with Crippen LogP contribution in [0.15, 0.2) is 119 Å². The smallest absolute Gasteiger partial charge is 0.318 e. The molecule has 3 aliphatic carbocycles. The Morgan fingerprint density at radius 3 is 1.95 bits per heavy atom. The number of hydrogen-bond acceptors (Lipinski definition) is 12. The van der Waals surface area contributed by atoms with Gasteiger partial charge in [0.15, 0.2) is 17.3 Å². The summed E-state index contributed by atoms with van der Waals surface area (Å²) in [6.45, 7) is 2.53.